The Morgan fingerprint density at radius 1 is 1.44 bits per heavy atom. The van der Waals surface area contributed by atoms with Gasteiger partial charge in [-0.1, -0.05) is 19.8 Å². The van der Waals surface area contributed by atoms with Crippen LogP contribution in [0.3, 0.4) is 0 Å². The Morgan fingerprint density at radius 2 is 2.19 bits per heavy atom. The van der Waals surface area contributed by atoms with Crippen molar-refractivity contribution < 1.29 is 0 Å². The van der Waals surface area contributed by atoms with Crippen LogP contribution in [0.1, 0.15) is 58.2 Å². The Labute approximate surface area is 98.1 Å². The lowest BCUT2D eigenvalue weighted by molar-refractivity contribution is 0.271. The predicted octanol–water partition coefficient (Wildman–Crippen LogP) is 2.83. The Kier molecular flexibility index (Phi) is 3.06. The minimum atomic E-state index is -0.294. The first kappa shape index (κ1) is 11.6. The standard InChI is InChI=1S/C13H23N3/c1-10-5-4-6-11(7-10)16-9-15-8-12(16)13(2,3)14/h8-11H,4-7,14H2,1-3H3. The van der Waals surface area contributed by atoms with E-state index in [1.165, 1.54) is 25.7 Å². The summed E-state index contributed by atoms with van der Waals surface area (Å²) in [6.07, 6.45) is 9.09. The van der Waals surface area contributed by atoms with Gasteiger partial charge in [0.25, 0.3) is 0 Å². The zero-order valence-corrected chi connectivity index (χ0v) is 10.6. The Morgan fingerprint density at radius 3 is 2.81 bits per heavy atom. The number of aromatic nitrogens is 2. The lowest BCUT2D eigenvalue weighted by atomic mass is 9.86. The number of nitrogens with two attached hydrogens (primary N) is 1. The summed E-state index contributed by atoms with van der Waals surface area (Å²) in [5.41, 5.74) is 7.05. The fourth-order valence-electron chi connectivity index (χ4n) is 2.75. The molecule has 0 aliphatic heterocycles. The summed E-state index contributed by atoms with van der Waals surface area (Å²) in [6.45, 7) is 6.44. The molecule has 2 unspecified atom stereocenters. The molecule has 0 bridgehead atoms. The van der Waals surface area contributed by atoms with Crippen molar-refractivity contribution >= 4 is 0 Å². The molecule has 1 heterocycles. The van der Waals surface area contributed by atoms with Gasteiger partial charge in [-0.15, -0.1) is 0 Å². The van der Waals surface area contributed by atoms with E-state index in [0.717, 1.165) is 11.6 Å². The van der Waals surface area contributed by atoms with Crippen molar-refractivity contribution in [2.75, 3.05) is 0 Å². The van der Waals surface area contributed by atoms with Crippen LogP contribution in [0.15, 0.2) is 12.5 Å². The molecule has 0 spiro atoms. The number of nitrogens with zero attached hydrogens (tertiary/aromatic N) is 2. The average molecular weight is 221 g/mol. The Bertz CT molecular complexity index is 348. The third-order valence-corrected chi connectivity index (χ3v) is 3.63. The first-order valence-corrected chi connectivity index (χ1v) is 6.29. The lowest BCUT2D eigenvalue weighted by Crippen LogP contribution is -2.33. The van der Waals surface area contributed by atoms with Gasteiger partial charge >= 0.3 is 0 Å². The van der Waals surface area contributed by atoms with Gasteiger partial charge < -0.3 is 10.3 Å². The first-order chi connectivity index (χ1) is 7.48. The largest absolute Gasteiger partial charge is 0.330 e. The van der Waals surface area contributed by atoms with Crippen LogP contribution in [0.5, 0.6) is 0 Å². The van der Waals surface area contributed by atoms with E-state index in [-0.39, 0.29) is 5.54 Å². The second kappa shape index (κ2) is 4.21. The summed E-state index contributed by atoms with van der Waals surface area (Å²) in [5, 5.41) is 0. The van der Waals surface area contributed by atoms with Crippen LogP contribution in [0, 0.1) is 5.92 Å². The van der Waals surface area contributed by atoms with Crippen molar-refractivity contribution in [2.24, 2.45) is 11.7 Å². The molecule has 3 heteroatoms. The van der Waals surface area contributed by atoms with Gasteiger partial charge in [-0.3, -0.25) is 0 Å². The van der Waals surface area contributed by atoms with Crippen LogP contribution >= 0.6 is 0 Å². The molecule has 1 fully saturated rings. The summed E-state index contributed by atoms with van der Waals surface area (Å²) in [7, 11) is 0. The Balaban J connectivity index is 2.23. The van der Waals surface area contributed by atoms with Crippen molar-refractivity contribution in [3.63, 3.8) is 0 Å². The fourth-order valence-corrected chi connectivity index (χ4v) is 2.75. The monoisotopic (exact) mass is 221 g/mol. The molecule has 16 heavy (non-hydrogen) atoms. The zero-order chi connectivity index (χ0) is 11.8. The third kappa shape index (κ3) is 2.29. The number of imidazole rings is 1. The maximum Gasteiger partial charge on any atom is 0.0951 e. The van der Waals surface area contributed by atoms with Gasteiger partial charge in [0.2, 0.25) is 0 Å². The zero-order valence-electron chi connectivity index (χ0n) is 10.6. The van der Waals surface area contributed by atoms with Gasteiger partial charge in [0.1, 0.15) is 0 Å². The highest BCUT2D eigenvalue weighted by molar-refractivity contribution is 5.11. The van der Waals surface area contributed by atoms with E-state index in [0.29, 0.717) is 6.04 Å². The first-order valence-electron chi connectivity index (χ1n) is 6.29. The van der Waals surface area contributed by atoms with Crippen LogP contribution < -0.4 is 5.73 Å². The van der Waals surface area contributed by atoms with Crippen molar-refractivity contribution in [1.82, 2.24) is 9.55 Å². The van der Waals surface area contributed by atoms with Crippen LogP contribution in [0.4, 0.5) is 0 Å². The molecule has 2 atom stereocenters. The van der Waals surface area contributed by atoms with Gasteiger partial charge in [0.05, 0.1) is 17.6 Å². The van der Waals surface area contributed by atoms with E-state index in [4.69, 9.17) is 5.73 Å². The van der Waals surface area contributed by atoms with Crippen LogP contribution in [-0.2, 0) is 5.54 Å². The van der Waals surface area contributed by atoms with Gasteiger partial charge in [-0.25, -0.2) is 4.98 Å². The quantitative estimate of drug-likeness (QED) is 0.834. The molecular formula is C13H23N3. The van der Waals surface area contributed by atoms with Gasteiger partial charge in [-0.2, -0.15) is 0 Å². The number of hydrogen-bond donors (Lipinski definition) is 1. The molecule has 90 valence electrons. The lowest BCUT2D eigenvalue weighted by Gasteiger charge is -2.31. The maximum absolute atomic E-state index is 6.18. The van der Waals surface area contributed by atoms with Crippen LogP contribution in [0.2, 0.25) is 0 Å². The topological polar surface area (TPSA) is 43.8 Å². The minimum absolute atomic E-state index is 0.294. The summed E-state index contributed by atoms with van der Waals surface area (Å²) < 4.78 is 2.30. The highest BCUT2D eigenvalue weighted by Crippen LogP contribution is 2.34. The van der Waals surface area contributed by atoms with Crippen molar-refractivity contribution in [1.29, 1.82) is 0 Å². The van der Waals surface area contributed by atoms with E-state index in [1.54, 1.807) is 0 Å². The summed E-state index contributed by atoms with van der Waals surface area (Å²) in [6, 6.07) is 0.601. The summed E-state index contributed by atoms with van der Waals surface area (Å²) in [5.74, 6) is 0.829. The number of hydrogen-bond acceptors (Lipinski definition) is 2. The van der Waals surface area contributed by atoms with E-state index >= 15 is 0 Å². The van der Waals surface area contributed by atoms with Crippen molar-refractivity contribution in [3.8, 4) is 0 Å². The molecule has 0 radical (unpaired) electrons. The molecule has 0 aromatic carbocycles. The molecule has 1 aliphatic carbocycles. The molecule has 1 saturated carbocycles. The number of rotatable bonds is 2. The third-order valence-electron chi connectivity index (χ3n) is 3.63. The summed E-state index contributed by atoms with van der Waals surface area (Å²) >= 11 is 0. The fraction of sp³-hybridized carbons (Fsp3) is 0.769. The minimum Gasteiger partial charge on any atom is -0.330 e. The van der Waals surface area contributed by atoms with E-state index in [1.807, 2.05) is 26.4 Å². The molecule has 1 aromatic rings. The molecule has 2 rings (SSSR count). The highest BCUT2D eigenvalue weighted by Gasteiger charge is 2.26. The van der Waals surface area contributed by atoms with Gasteiger partial charge in [0, 0.05) is 12.2 Å². The molecule has 2 N–H and O–H groups in total. The second-order valence-corrected chi connectivity index (χ2v) is 5.83. The van der Waals surface area contributed by atoms with Crippen molar-refractivity contribution in [3.05, 3.63) is 18.2 Å². The highest BCUT2D eigenvalue weighted by atomic mass is 15.1. The van der Waals surface area contributed by atoms with Crippen LogP contribution in [-0.4, -0.2) is 9.55 Å². The van der Waals surface area contributed by atoms with Gasteiger partial charge in [-0.05, 0) is 32.6 Å². The average Bonchev–Trinajstić information content (AvgIpc) is 2.65. The van der Waals surface area contributed by atoms with E-state index < -0.39 is 0 Å². The van der Waals surface area contributed by atoms with E-state index in [9.17, 15) is 0 Å². The molecule has 1 aromatic heterocycles. The van der Waals surface area contributed by atoms with Gasteiger partial charge in [0.15, 0.2) is 0 Å². The van der Waals surface area contributed by atoms with Crippen molar-refractivity contribution in [2.45, 2.75) is 58.0 Å². The maximum atomic E-state index is 6.18. The predicted molar refractivity (Wildman–Crippen MR) is 66.1 cm³/mol. The van der Waals surface area contributed by atoms with E-state index in [2.05, 4.69) is 16.5 Å². The molecule has 3 nitrogen and oxygen atoms in total. The second-order valence-electron chi connectivity index (χ2n) is 5.83. The van der Waals surface area contributed by atoms with Crippen LogP contribution in [0.25, 0.3) is 0 Å². The molecule has 0 amide bonds. The SMILES string of the molecule is CC1CCCC(n2cncc2C(C)(C)N)C1. The molecule has 0 saturated heterocycles. The smallest absolute Gasteiger partial charge is 0.0951 e. The Hall–Kier alpha value is -0.830. The molecular weight excluding hydrogens is 198 g/mol. The normalized spacial score (nSPS) is 27.0. The molecule has 1 aliphatic rings. The summed E-state index contributed by atoms with van der Waals surface area (Å²) in [4.78, 5) is 4.27.